The van der Waals surface area contributed by atoms with Gasteiger partial charge in [0.15, 0.2) is 0 Å². The maximum absolute atomic E-state index is 9.06. The number of halogens is 1. The summed E-state index contributed by atoms with van der Waals surface area (Å²) in [7, 11) is 0. The van der Waals surface area contributed by atoms with E-state index in [-0.39, 0.29) is 0 Å². The van der Waals surface area contributed by atoms with Crippen molar-refractivity contribution in [1.29, 1.82) is 0 Å². The molecule has 1 aromatic heterocycles. The number of hydrogen-bond donors (Lipinski definition) is 1. The minimum absolute atomic E-state index is 0.488. The minimum Gasteiger partial charge on any atom is -0.387 e. The molecule has 0 aliphatic rings. The van der Waals surface area contributed by atoms with Gasteiger partial charge in [-0.05, 0) is 19.1 Å². The van der Waals surface area contributed by atoms with Crippen molar-refractivity contribution in [3.8, 4) is 0 Å². The predicted octanol–water partition coefficient (Wildman–Crippen LogP) is 1.90. The lowest BCUT2D eigenvalue weighted by Crippen LogP contribution is -1.93. The first-order valence-corrected chi connectivity index (χ1v) is 3.79. The van der Waals surface area contributed by atoms with Crippen LogP contribution in [0.2, 0.25) is 0 Å². The topological polar surface area (TPSA) is 33.1 Å². The summed E-state index contributed by atoms with van der Waals surface area (Å²) in [6.45, 7) is 1.69. The van der Waals surface area contributed by atoms with Gasteiger partial charge in [0.25, 0.3) is 0 Å². The fraction of sp³-hybridized carbons (Fsp3) is 0.286. The quantitative estimate of drug-likeness (QED) is 0.754. The molecule has 1 atom stereocenters. The van der Waals surface area contributed by atoms with E-state index < -0.39 is 6.10 Å². The number of aromatic nitrogens is 1. The molecule has 0 fully saturated rings. The molecule has 3 heteroatoms. The van der Waals surface area contributed by atoms with Crippen molar-refractivity contribution in [2.45, 2.75) is 13.0 Å². The third-order valence-electron chi connectivity index (χ3n) is 1.17. The molecule has 1 aromatic rings. The molecule has 1 rings (SSSR count). The van der Waals surface area contributed by atoms with Gasteiger partial charge in [0.2, 0.25) is 0 Å². The van der Waals surface area contributed by atoms with E-state index in [4.69, 9.17) is 5.11 Å². The second-order valence-electron chi connectivity index (χ2n) is 2.07. The molecule has 1 N–H and O–H groups in total. The molecule has 0 amide bonds. The van der Waals surface area contributed by atoms with Crippen LogP contribution in [0.1, 0.15) is 18.7 Å². The Hall–Kier alpha value is -0.410. The summed E-state index contributed by atoms with van der Waals surface area (Å²) in [4.78, 5) is 3.96. The Morgan fingerprint density at radius 2 is 2.40 bits per heavy atom. The molecule has 0 aromatic carbocycles. The predicted molar refractivity (Wildman–Crippen MR) is 42.6 cm³/mol. The Bertz CT molecular complexity index is 225. The van der Waals surface area contributed by atoms with Crippen molar-refractivity contribution in [3.63, 3.8) is 0 Å². The van der Waals surface area contributed by atoms with Gasteiger partial charge in [0, 0.05) is 10.7 Å². The molecule has 0 saturated heterocycles. The molecule has 0 saturated carbocycles. The summed E-state index contributed by atoms with van der Waals surface area (Å²) in [5.74, 6) is 0. The summed E-state index contributed by atoms with van der Waals surface area (Å²) >= 11 is 3.28. The number of aliphatic hydroxyl groups is 1. The lowest BCUT2D eigenvalue weighted by Gasteiger charge is -2.01. The van der Waals surface area contributed by atoms with E-state index in [0.29, 0.717) is 5.69 Å². The van der Waals surface area contributed by atoms with Crippen molar-refractivity contribution in [1.82, 2.24) is 4.98 Å². The second kappa shape index (κ2) is 3.12. The molecule has 0 spiro atoms. The number of rotatable bonds is 1. The zero-order valence-electron chi connectivity index (χ0n) is 5.58. The van der Waals surface area contributed by atoms with Gasteiger partial charge < -0.3 is 5.11 Å². The summed E-state index contributed by atoms with van der Waals surface area (Å²) < 4.78 is 0.943. The lowest BCUT2D eigenvalue weighted by atomic mass is 10.2. The number of pyridine rings is 1. The standard InChI is InChI=1S/C7H8BrNO/c1-5(10)7-4-6(8)2-3-9-7/h2-5,10H,1H3/t5-/m0/s1. The molecular weight excluding hydrogens is 194 g/mol. The van der Waals surface area contributed by atoms with Gasteiger partial charge in [-0.1, -0.05) is 15.9 Å². The van der Waals surface area contributed by atoms with Gasteiger partial charge in [0.05, 0.1) is 11.8 Å². The first-order chi connectivity index (χ1) is 4.70. The largest absolute Gasteiger partial charge is 0.387 e. The van der Waals surface area contributed by atoms with Gasteiger partial charge in [-0.3, -0.25) is 4.98 Å². The highest BCUT2D eigenvalue weighted by atomic mass is 79.9. The van der Waals surface area contributed by atoms with Gasteiger partial charge in [0.1, 0.15) is 0 Å². The zero-order chi connectivity index (χ0) is 7.56. The van der Waals surface area contributed by atoms with Crippen molar-refractivity contribution >= 4 is 15.9 Å². The SMILES string of the molecule is C[C@H](O)c1cc(Br)ccn1. The molecule has 0 aliphatic carbocycles. The van der Waals surface area contributed by atoms with E-state index in [9.17, 15) is 0 Å². The van der Waals surface area contributed by atoms with E-state index >= 15 is 0 Å². The average molecular weight is 202 g/mol. The molecule has 0 radical (unpaired) electrons. The summed E-state index contributed by atoms with van der Waals surface area (Å²) in [5.41, 5.74) is 0.689. The maximum Gasteiger partial charge on any atom is 0.0932 e. The van der Waals surface area contributed by atoms with Gasteiger partial charge >= 0.3 is 0 Å². The summed E-state index contributed by atoms with van der Waals surface area (Å²) in [6.07, 6.45) is 1.17. The fourth-order valence-electron chi connectivity index (χ4n) is 0.650. The zero-order valence-corrected chi connectivity index (χ0v) is 7.17. The van der Waals surface area contributed by atoms with Crippen LogP contribution in [0.5, 0.6) is 0 Å². The number of hydrogen-bond acceptors (Lipinski definition) is 2. The third-order valence-corrected chi connectivity index (χ3v) is 1.66. The van der Waals surface area contributed by atoms with E-state index in [1.807, 2.05) is 6.07 Å². The van der Waals surface area contributed by atoms with Crippen LogP contribution in [-0.2, 0) is 0 Å². The fourth-order valence-corrected chi connectivity index (χ4v) is 1.00. The van der Waals surface area contributed by atoms with Crippen LogP contribution in [0.3, 0.4) is 0 Å². The van der Waals surface area contributed by atoms with Crippen LogP contribution in [0.25, 0.3) is 0 Å². The Kier molecular flexibility index (Phi) is 2.40. The smallest absolute Gasteiger partial charge is 0.0932 e. The third kappa shape index (κ3) is 1.78. The highest BCUT2D eigenvalue weighted by Crippen LogP contribution is 2.14. The molecule has 54 valence electrons. The number of nitrogens with zero attached hydrogens (tertiary/aromatic N) is 1. The first kappa shape index (κ1) is 7.69. The highest BCUT2D eigenvalue weighted by Gasteiger charge is 2.00. The van der Waals surface area contributed by atoms with Gasteiger partial charge in [-0.2, -0.15) is 0 Å². The monoisotopic (exact) mass is 201 g/mol. The van der Waals surface area contributed by atoms with Crippen LogP contribution in [0.15, 0.2) is 22.8 Å². The Morgan fingerprint density at radius 1 is 1.70 bits per heavy atom. The van der Waals surface area contributed by atoms with Crippen molar-refractivity contribution < 1.29 is 5.11 Å². The van der Waals surface area contributed by atoms with Crippen LogP contribution < -0.4 is 0 Å². The summed E-state index contributed by atoms with van der Waals surface area (Å²) in [5, 5.41) is 9.06. The van der Waals surface area contributed by atoms with E-state index in [1.165, 1.54) is 0 Å². The average Bonchev–Trinajstić information content (AvgIpc) is 1.88. The van der Waals surface area contributed by atoms with Crippen LogP contribution >= 0.6 is 15.9 Å². The first-order valence-electron chi connectivity index (χ1n) is 2.99. The summed E-state index contributed by atoms with van der Waals surface area (Å²) in [6, 6.07) is 3.62. The Balaban J connectivity index is 2.96. The normalized spacial score (nSPS) is 13.1. The van der Waals surface area contributed by atoms with Crippen molar-refractivity contribution in [3.05, 3.63) is 28.5 Å². The molecule has 0 bridgehead atoms. The lowest BCUT2D eigenvalue weighted by molar-refractivity contribution is 0.194. The van der Waals surface area contributed by atoms with Gasteiger partial charge in [-0.25, -0.2) is 0 Å². The minimum atomic E-state index is -0.488. The Morgan fingerprint density at radius 3 is 2.80 bits per heavy atom. The second-order valence-corrected chi connectivity index (χ2v) is 2.99. The molecule has 0 aliphatic heterocycles. The van der Waals surface area contributed by atoms with E-state index in [2.05, 4.69) is 20.9 Å². The van der Waals surface area contributed by atoms with Gasteiger partial charge in [-0.15, -0.1) is 0 Å². The molecule has 0 unspecified atom stereocenters. The highest BCUT2D eigenvalue weighted by molar-refractivity contribution is 9.10. The molecule has 1 heterocycles. The van der Waals surface area contributed by atoms with Crippen LogP contribution in [0, 0.1) is 0 Å². The number of aliphatic hydroxyl groups excluding tert-OH is 1. The Labute approximate surface area is 68.0 Å². The van der Waals surface area contributed by atoms with E-state index in [1.54, 1.807) is 19.2 Å². The molecule has 10 heavy (non-hydrogen) atoms. The molecular formula is C7H8BrNO. The van der Waals surface area contributed by atoms with Crippen LogP contribution in [-0.4, -0.2) is 10.1 Å². The maximum atomic E-state index is 9.06. The van der Waals surface area contributed by atoms with Crippen molar-refractivity contribution in [2.24, 2.45) is 0 Å². The van der Waals surface area contributed by atoms with E-state index in [0.717, 1.165) is 4.47 Å². The van der Waals surface area contributed by atoms with Crippen LogP contribution in [0.4, 0.5) is 0 Å². The van der Waals surface area contributed by atoms with Crippen molar-refractivity contribution in [2.75, 3.05) is 0 Å². The molecule has 2 nitrogen and oxygen atoms in total.